The van der Waals surface area contributed by atoms with Crippen molar-refractivity contribution in [1.29, 1.82) is 0 Å². The van der Waals surface area contributed by atoms with Gasteiger partial charge in [0.25, 0.3) is 0 Å². The number of hydrogen-bond donors (Lipinski definition) is 3. The van der Waals surface area contributed by atoms with Crippen molar-refractivity contribution < 1.29 is 15.0 Å². The first-order valence-electron chi connectivity index (χ1n) is 8.83. The maximum absolute atomic E-state index is 11.0. The normalized spacial score (nSPS) is 11.0. The third-order valence-electron chi connectivity index (χ3n) is 4.76. The molecule has 0 aliphatic rings. The summed E-state index contributed by atoms with van der Waals surface area (Å²) in [5.41, 5.74) is 5.70. The zero-order valence-electron chi connectivity index (χ0n) is 14.6. The van der Waals surface area contributed by atoms with Crippen molar-refractivity contribution in [3.8, 4) is 28.0 Å². The second-order valence-corrected chi connectivity index (χ2v) is 6.51. The summed E-state index contributed by atoms with van der Waals surface area (Å²) in [5, 5.41) is 20.2. The number of fused-ring (bicyclic) bond motifs is 1. The predicted octanol–water partition coefficient (Wildman–Crippen LogP) is 5.22. The number of aromatic amines is 1. The number of phenols is 1. The van der Waals surface area contributed by atoms with E-state index < -0.39 is 5.97 Å². The smallest absolute Gasteiger partial charge is 0.303 e. The van der Waals surface area contributed by atoms with E-state index in [1.807, 2.05) is 60.7 Å². The lowest BCUT2D eigenvalue weighted by Gasteiger charge is -2.08. The van der Waals surface area contributed by atoms with Gasteiger partial charge in [0.15, 0.2) is 0 Å². The molecule has 134 valence electrons. The number of aryl methyl sites for hydroxylation is 1. The van der Waals surface area contributed by atoms with E-state index in [1.54, 1.807) is 12.1 Å². The van der Waals surface area contributed by atoms with Gasteiger partial charge in [0.05, 0.1) is 6.42 Å². The highest BCUT2D eigenvalue weighted by molar-refractivity contribution is 5.98. The lowest BCUT2D eigenvalue weighted by Crippen LogP contribution is -1.98. The van der Waals surface area contributed by atoms with Crippen molar-refractivity contribution in [2.45, 2.75) is 12.8 Å². The van der Waals surface area contributed by atoms with Gasteiger partial charge >= 0.3 is 5.97 Å². The molecular weight excluding hydrogens is 338 g/mol. The van der Waals surface area contributed by atoms with Crippen molar-refractivity contribution >= 4 is 16.9 Å². The maximum atomic E-state index is 11.0. The molecule has 4 heteroatoms. The van der Waals surface area contributed by atoms with Crippen molar-refractivity contribution in [3.63, 3.8) is 0 Å². The molecule has 0 aliphatic carbocycles. The van der Waals surface area contributed by atoms with Gasteiger partial charge in [-0.05, 0) is 29.7 Å². The van der Waals surface area contributed by atoms with E-state index in [-0.39, 0.29) is 12.2 Å². The topological polar surface area (TPSA) is 73.3 Å². The van der Waals surface area contributed by atoms with Gasteiger partial charge in [-0.15, -0.1) is 0 Å². The SMILES string of the molecule is O=C(O)CCc1[nH]c2ccccc2c1-c1ccc(-c2ccccc2O)cc1. The number of benzene rings is 3. The monoisotopic (exact) mass is 357 g/mol. The molecule has 3 aromatic carbocycles. The Morgan fingerprint density at radius 1 is 0.852 bits per heavy atom. The molecule has 0 saturated heterocycles. The van der Waals surface area contributed by atoms with Crippen LogP contribution in [0, 0.1) is 0 Å². The second-order valence-electron chi connectivity index (χ2n) is 6.51. The lowest BCUT2D eigenvalue weighted by molar-refractivity contribution is -0.136. The summed E-state index contributed by atoms with van der Waals surface area (Å²) in [5.74, 6) is -0.561. The summed E-state index contributed by atoms with van der Waals surface area (Å²) in [6.07, 6.45) is 0.524. The summed E-state index contributed by atoms with van der Waals surface area (Å²) >= 11 is 0. The number of carboxylic acid groups (broad SMARTS) is 1. The van der Waals surface area contributed by atoms with Gasteiger partial charge in [0.2, 0.25) is 0 Å². The van der Waals surface area contributed by atoms with Crippen LogP contribution in [0.2, 0.25) is 0 Å². The largest absolute Gasteiger partial charge is 0.507 e. The van der Waals surface area contributed by atoms with Crippen molar-refractivity contribution in [2.24, 2.45) is 0 Å². The van der Waals surface area contributed by atoms with Crippen LogP contribution in [-0.4, -0.2) is 21.2 Å². The van der Waals surface area contributed by atoms with Crippen LogP contribution in [0.3, 0.4) is 0 Å². The Hall–Kier alpha value is -3.53. The average Bonchev–Trinajstić information content (AvgIpc) is 3.05. The number of rotatable bonds is 5. The van der Waals surface area contributed by atoms with Gasteiger partial charge in [0, 0.05) is 27.7 Å². The Balaban J connectivity index is 1.78. The minimum atomic E-state index is -0.811. The van der Waals surface area contributed by atoms with Gasteiger partial charge in [-0.1, -0.05) is 60.7 Å². The summed E-state index contributed by atoms with van der Waals surface area (Å²) in [6.45, 7) is 0. The van der Waals surface area contributed by atoms with Crippen LogP contribution < -0.4 is 0 Å². The van der Waals surface area contributed by atoms with Crippen LogP contribution in [0.15, 0.2) is 72.8 Å². The second kappa shape index (κ2) is 7.00. The number of phenolic OH excluding ortho intramolecular Hbond substituents is 1. The highest BCUT2D eigenvalue weighted by Crippen LogP contribution is 2.35. The van der Waals surface area contributed by atoms with Crippen molar-refractivity contribution in [3.05, 3.63) is 78.5 Å². The predicted molar refractivity (Wildman–Crippen MR) is 107 cm³/mol. The number of para-hydroxylation sites is 2. The minimum absolute atomic E-state index is 0.0792. The maximum Gasteiger partial charge on any atom is 0.303 e. The molecule has 0 spiro atoms. The minimum Gasteiger partial charge on any atom is -0.507 e. The van der Waals surface area contributed by atoms with Crippen molar-refractivity contribution in [2.75, 3.05) is 0 Å². The van der Waals surface area contributed by atoms with E-state index in [2.05, 4.69) is 4.98 Å². The zero-order chi connectivity index (χ0) is 18.8. The van der Waals surface area contributed by atoms with E-state index in [1.165, 1.54) is 0 Å². The van der Waals surface area contributed by atoms with Gasteiger partial charge in [-0.25, -0.2) is 0 Å². The highest BCUT2D eigenvalue weighted by Gasteiger charge is 2.14. The number of aromatic nitrogens is 1. The molecule has 0 fully saturated rings. The summed E-state index contributed by atoms with van der Waals surface area (Å²) in [6, 6.07) is 23.2. The molecule has 4 rings (SSSR count). The van der Waals surface area contributed by atoms with Crippen LogP contribution in [0.4, 0.5) is 0 Å². The molecule has 0 unspecified atom stereocenters. The Morgan fingerprint density at radius 2 is 1.52 bits per heavy atom. The van der Waals surface area contributed by atoms with Crippen LogP contribution in [0.1, 0.15) is 12.1 Å². The fourth-order valence-electron chi connectivity index (χ4n) is 3.48. The summed E-state index contributed by atoms with van der Waals surface area (Å²) in [4.78, 5) is 14.4. The number of H-pyrrole nitrogens is 1. The van der Waals surface area contributed by atoms with E-state index in [0.717, 1.165) is 38.9 Å². The lowest BCUT2D eigenvalue weighted by atomic mass is 9.97. The Labute approximate surface area is 156 Å². The third-order valence-corrected chi connectivity index (χ3v) is 4.76. The molecule has 1 heterocycles. The first-order chi connectivity index (χ1) is 13.1. The highest BCUT2D eigenvalue weighted by atomic mass is 16.4. The molecule has 0 saturated carbocycles. The molecule has 4 aromatic rings. The molecule has 4 nitrogen and oxygen atoms in total. The van der Waals surface area contributed by atoms with E-state index in [0.29, 0.717) is 6.42 Å². The van der Waals surface area contributed by atoms with E-state index >= 15 is 0 Å². The molecule has 0 atom stereocenters. The molecule has 0 bridgehead atoms. The fraction of sp³-hybridized carbons (Fsp3) is 0.0870. The molecular formula is C23H19NO3. The Kier molecular flexibility index (Phi) is 4.38. The average molecular weight is 357 g/mol. The molecule has 3 N–H and O–H groups in total. The van der Waals surface area contributed by atoms with Crippen LogP contribution in [0.5, 0.6) is 5.75 Å². The Bertz CT molecular complexity index is 1110. The fourth-order valence-corrected chi connectivity index (χ4v) is 3.48. The number of carboxylic acids is 1. The number of hydrogen-bond acceptors (Lipinski definition) is 2. The number of nitrogens with one attached hydrogen (secondary N) is 1. The zero-order valence-corrected chi connectivity index (χ0v) is 14.6. The van der Waals surface area contributed by atoms with Gasteiger partial charge in [-0.2, -0.15) is 0 Å². The van der Waals surface area contributed by atoms with Gasteiger partial charge in [-0.3, -0.25) is 4.79 Å². The summed E-state index contributed by atoms with van der Waals surface area (Å²) < 4.78 is 0. The summed E-state index contributed by atoms with van der Waals surface area (Å²) in [7, 11) is 0. The van der Waals surface area contributed by atoms with Crippen LogP contribution in [-0.2, 0) is 11.2 Å². The number of aromatic hydroxyl groups is 1. The quantitative estimate of drug-likeness (QED) is 0.458. The molecule has 0 amide bonds. The number of aliphatic carboxylic acids is 1. The van der Waals surface area contributed by atoms with E-state index in [4.69, 9.17) is 5.11 Å². The van der Waals surface area contributed by atoms with Crippen LogP contribution >= 0.6 is 0 Å². The van der Waals surface area contributed by atoms with Crippen LogP contribution in [0.25, 0.3) is 33.2 Å². The third kappa shape index (κ3) is 3.29. The standard InChI is InChI=1S/C23H19NO3/c25-21-8-4-2-5-17(21)15-9-11-16(12-10-15)23-18-6-1-3-7-19(18)24-20(23)13-14-22(26)27/h1-12,24-25H,13-14H2,(H,26,27). The van der Waals surface area contributed by atoms with Gasteiger partial charge in [0.1, 0.15) is 5.75 Å². The first kappa shape index (κ1) is 16.9. The Morgan fingerprint density at radius 3 is 2.26 bits per heavy atom. The molecule has 1 aromatic heterocycles. The number of carbonyl (C=O) groups is 1. The van der Waals surface area contributed by atoms with Gasteiger partial charge < -0.3 is 15.2 Å². The van der Waals surface area contributed by atoms with Crippen molar-refractivity contribution in [1.82, 2.24) is 4.98 Å². The van der Waals surface area contributed by atoms with E-state index in [9.17, 15) is 9.90 Å². The molecule has 27 heavy (non-hydrogen) atoms. The molecule has 0 aliphatic heterocycles. The first-order valence-corrected chi connectivity index (χ1v) is 8.83. The molecule has 0 radical (unpaired) electrons.